The van der Waals surface area contributed by atoms with Gasteiger partial charge >= 0.3 is 12.5 Å². The maximum absolute atomic E-state index is 13.0. The van der Waals surface area contributed by atoms with Gasteiger partial charge in [-0.2, -0.15) is 17.6 Å². The summed E-state index contributed by atoms with van der Waals surface area (Å²) in [5.74, 6) is -0.267. The zero-order chi connectivity index (χ0) is 18.0. The van der Waals surface area contributed by atoms with E-state index in [1.807, 2.05) is 0 Å². The summed E-state index contributed by atoms with van der Waals surface area (Å²) < 4.78 is 54.5. The number of hydrogen-bond acceptors (Lipinski definition) is 3. The molecule has 1 saturated heterocycles. The number of ether oxygens (including phenoxy) is 1. The van der Waals surface area contributed by atoms with Crippen molar-refractivity contribution < 1.29 is 22.3 Å². The summed E-state index contributed by atoms with van der Waals surface area (Å²) in [6.07, 6.45) is -8.34. The van der Waals surface area contributed by atoms with Gasteiger partial charge in [-0.05, 0) is 23.1 Å². The van der Waals surface area contributed by atoms with E-state index in [0.29, 0.717) is 0 Å². The Hall–Kier alpha value is -0.760. The molecule has 0 bridgehead atoms. The van der Waals surface area contributed by atoms with Crippen molar-refractivity contribution in [3.8, 4) is 5.75 Å². The Morgan fingerprint density at radius 3 is 1.92 bits per heavy atom. The summed E-state index contributed by atoms with van der Waals surface area (Å²) in [6, 6.07) is 6.10. The fraction of sp³-hybridized carbons (Fsp3) is 0.647. The summed E-state index contributed by atoms with van der Waals surface area (Å²) in [7, 11) is 0. The van der Waals surface area contributed by atoms with Gasteiger partial charge in [0.1, 0.15) is 5.75 Å². The van der Waals surface area contributed by atoms with Crippen LogP contribution in [-0.4, -0.2) is 43.6 Å². The van der Waals surface area contributed by atoms with Crippen LogP contribution in [0, 0.1) is 5.41 Å². The summed E-state index contributed by atoms with van der Waals surface area (Å²) in [4.78, 5) is 2.35. The second-order valence-corrected chi connectivity index (χ2v) is 7.09. The predicted octanol–water partition coefficient (Wildman–Crippen LogP) is 4.76. The van der Waals surface area contributed by atoms with Gasteiger partial charge in [0.25, 0.3) is 0 Å². The van der Waals surface area contributed by atoms with E-state index in [0.717, 1.165) is 31.7 Å². The molecule has 152 valence electrons. The molecule has 1 N–H and O–H groups in total. The fourth-order valence-electron chi connectivity index (χ4n) is 3.12. The molecule has 1 heterocycles. The molecule has 0 unspecified atom stereocenters. The molecule has 1 aliphatic heterocycles. The minimum Gasteiger partial charge on any atom is -0.428 e. The van der Waals surface area contributed by atoms with Gasteiger partial charge < -0.3 is 10.1 Å². The number of rotatable bonds is 5. The van der Waals surface area contributed by atoms with Gasteiger partial charge in [0.15, 0.2) is 0 Å². The highest BCUT2D eigenvalue weighted by Gasteiger charge is 2.44. The van der Waals surface area contributed by atoms with Gasteiger partial charge in [0.05, 0.1) is 0 Å². The molecule has 1 aromatic carbocycles. The highest BCUT2D eigenvalue weighted by atomic mass is 35.5. The second-order valence-electron chi connectivity index (χ2n) is 7.09. The van der Waals surface area contributed by atoms with E-state index >= 15 is 0 Å². The first-order valence-corrected chi connectivity index (χ1v) is 8.01. The molecule has 26 heavy (non-hydrogen) atoms. The summed E-state index contributed by atoms with van der Waals surface area (Å²) >= 11 is 0. The molecular formula is C17H26Cl2F4N2O. The molecule has 1 aromatic rings. The third kappa shape index (κ3) is 6.44. The molecule has 1 fully saturated rings. The van der Waals surface area contributed by atoms with Crippen LogP contribution in [-0.2, 0) is 0 Å². The minimum absolute atomic E-state index is 0. The molecule has 2 rings (SSSR count). The molecule has 0 saturated carbocycles. The standard InChI is InChI=1S/C17H24F4N2O.2ClH/c1-16(2,3)14(23-10-8-22-9-11-23)12-4-6-13(7-5-12)24-17(20,21)15(18)19;;/h4-7,14-15,22H,8-11H2,1-3H3;2*1H/t14-;;/m1../s1. The van der Waals surface area contributed by atoms with Crippen LogP contribution in [0.15, 0.2) is 24.3 Å². The minimum atomic E-state index is -4.48. The number of hydrogen-bond donors (Lipinski definition) is 1. The number of piperazine rings is 1. The Morgan fingerprint density at radius 1 is 1.00 bits per heavy atom. The van der Waals surface area contributed by atoms with Crippen molar-refractivity contribution >= 4 is 24.8 Å². The molecule has 1 aliphatic rings. The first-order chi connectivity index (χ1) is 11.1. The second kappa shape index (κ2) is 9.97. The third-order valence-corrected chi connectivity index (χ3v) is 4.04. The maximum atomic E-state index is 13.0. The van der Waals surface area contributed by atoms with E-state index < -0.39 is 12.5 Å². The van der Waals surface area contributed by atoms with Crippen LogP contribution in [0.1, 0.15) is 32.4 Å². The van der Waals surface area contributed by atoms with E-state index in [9.17, 15) is 17.6 Å². The van der Waals surface area contributed by atoms with Crippen molar-refractivity contribution in [1.29, 1.82) is 0 Å². The van der Waals surface area contributed by atoms with Crippen molar-refractivity contribution in [3.05, 3.63) is 29.8 Å². The van der Waals surface area contributed by atoms with E-state index in [-0.39, 0.29) is 42.0 Å². The van der Waals surface area contributed by atoms with Gasteiger partial charge in [0, 0.05) is 32.2 Å². The molecule has 0 spiro atoms. The van der Waals surface area contributed by atoms with Crippen LogP contribution >= 0.6 is 24.8 Å². The summed E-state index contributed by atoms with van der Waals surface area (Å²) in [6.45, 7) is 9.94. The Balaban J connectivity index is 0.00000312. The molecule has 0 amide bonds. The number of halogens is 6. The summed E-state index contributed by atoms with van der Waals surface area (Å²) in [5, 5.41) is 3.30. The normalized spacial score (nSPS) is 17.2. The predicted molar refractivity (Wildman–Crippen MR) is 99.2 cm³/mol. The average molecular weight is 421 g/mol. The highest BCUT2D eigenvalue weighted by Crippen LogP contribution is 2.39. The summed E-state index contributed by atoms with van der Waals surface area (Å²) in [5.41, 5.74) is 0.893. The highest BCUT2D eigenvalue weighted by molar-refractivity contribution is 5.85. The topological polar surface area (TPSA) is 24.5 Å². The maximum Gasteiger partial charge on any atom is 0.461 e. The zero-order valence-electron chi connectivity index (χ0n) is 15.0. The lowest BCUT2D eigenvalue weighted by atomic mass is 9.81. The zero-order valence-corrected chi connectivity index (χ0v) is 16.6. The lowest BCUT2D eigenvalue weighted by Gasteiger charge is -2.42. The van der Waals surface area contributed by atoms with Crippen molar-refractivity contribution in [2.45, 2.75) is 39.3 Å². The monoisotopic (exact) mass is 420 g/mol. The molecule has 3 nitrogen and oxygen atoms in total. The van der Waals surface area contributed by atoms with Crippen molar-refractivity contribution in [1.82, 2.24) is 10.2 Å². The Morgan fingerprint density at radius 2 is 1.50 bits per heavy atom. The van der Waals surface area contributed by atoms with Crippen molar-refractivity contribution in [2.75, 3.05) is 26.2 Å². The Bertz CT molecular complexity index is 533. The van der Waals surface area contributed by atoms with Crippen LogP contribution in [0.25, 0.3) is 0 Å². The van der Waals surface area contributed by atoms with Gasteiger partial charge in [-0.3, -0.25) is 4.90 Å². The largest absolute Gasteiger partial charge is 0.461 e. The first kappa shape index (κ1) is 25.2. The van der Waals surface area contributed by atoms with Crippen LogP contribution < -0.4 is 10.1 Å². The van der Waals surface area contributed by atoms with Crippen LogP contribution in [0.5, 0.6) is 5.75 Å². The van der Waals surface area contributed by atoms with E-state index in [1.54, 1.807) is 12.1 Å². The fourth-order valence-corrected chi connectivity index (χ4v) is 3.12. The van der Waals surface area contributed by atoms with Crippen molar-refractivity contribution in [3.63, 3.8) is 0 Å². The van der Waals surface area contributed by atoms with Crippen molar-refractivity contribution in [2.24, 2.45) is 5.41 Å². The molecule has 0 aromatic heterocycles. The number of benzene rings is 1. The van der Waals surface area contributed by atoms with Gasteiger partial charge in [-0.15, -0.1) is 24.8 Å². The molecular weight excluding hydrogens is 395 g/mol. The molecule has 0 radical (unpaired) electrons. The van der Waals surface area contributed by atoms with Crippen LogP contribution in [0.2, 0.25) is 0 Å². The van der Waals surface area contributed by atoms with Gasteiger partial charge in [0.2, 0.25) is 0 Å². The quantitative estimate of drug-likeness (QED) is 0.694. The van der Waals surface area contributed by atoms with E-state index in [1.165, 1.54) is 12.1 Å². The van der Waals surface area contributed by atoms with Crippen LogP contribution in [0.4, 0.5) is 17.6 Å². The average Bonchev–Trinajstić information content (AvgIpc) is 2.48. The third-order valence-electron chi connectivity index (χ3n) is 4.04. The smallest absolute Gasteiger partial charge is 0.428 e. The SMILES string of the molecule is CC(C)(C)[C@@H](c1ccc(OC(F)(F)C(F)F)cc1)N1CCNCC1.Cl.Cl. The lowest BCUT2D eigenvalue weighted by Crippen LogP contribution is -2.48. The first-order valence-electron chi connectivity index (χ1n) is 8.01. The van der Waals surface area contributed by atoms with E-state index in [2.05, 4.69) is 35.7 Å². The lowest BCUT2D eigenvalue weighted by molar-refractivity contribution is -0.253. The van der Waals surface area contributed by atoms with Gasteiger partial charge in [-0.25, -0.2) is 0 Å². The Kier molecular flexibility index (Phi) is 9.68. The molecule has 1 atom stereocenters. The number of nitrogens with one attached hydrogen (secondary N) is 1. The van der Waals surface area contributed by atoms with Crippen LogP contribution in [0.3, 0.4) is 0 Å². The van der Waals surface area contributed by atoms with Gasteiger partial charge in [-0.1, -0.05) is 32.9 Å². The molecule has 9 heteroatoms. The number of nitrogens with zero attached hydrogens (tertiary/aromatic N) is 1. The number of alkyl halides is 4. The Labute approximate surface area is 164 Å². The molecule has 0 aliphatic carbocycles. The van der Waals surface area contributed by atoms with E-state index in [4.69, 9.17) is 0 Å².